The third-order valence-corrected chi connectivity index (χ3v) is 6.18. The molecule has 0 unspecified atom stereocenters. The monoisotopic (exact) mass is 434 g/mol. The number of benzene rings is 3. The molecule has 3 rings (SSSR count). The maximum Gasteiger partial charge on any atom is 0.261 e. The van der Waals surface area contributed by atoms with E-state index in [1.54, 1.807) is 49.4 Å². The second-order valence-corrected chi connectivity index (χ2v) is 8.47. The summed E-state index contributed by atoms with van der Waals surface area (Å²) < 4.78 is 27.5. The third kappa shape index (κ3) is 4.47. The molecule has 1 amide bonds. The minimum absolute atomic E-state index is 0.0166. The summed E-state index contributed by atoms with van der Waals surface area (Å²) >= 11 is 12.1. The fourth-order valence-corrected chi connectivity index (χ4v) is 3.96. The SMILES string of the molecule is Cc1c(Cl)cccc1NC(=O)c1ccc(S(=O)(=O)Nc2ccccc2Cl)cc1. The molecular formula is C20H16Cl2N2O3S. The topological polar surface area (TPSA) is 75.3 Å². The standard InChI is InChI=1S/C20H16Cl2N2O3S/c1-13-16(21)6-4-8-18(13)23-20(25)14-9-11-15(12-10-14)28(26,27)24-19-7-3-2-5-17(19)22/h2-12,24H,1H3,(H,23,25). The van der Waals surface area contributed by atoms with Crippen molar-refractivity contribution in [2.24, 2.45) is 0 Å². The van der Waals surface area contributed by atoms with E-state index in [2.05, 4.69) is 10.0 Å². The minimum atomic E-state index is -3.83. The molecule has 28 heavy (non-hydrogen) atoms. The highest BCUT2D eigenvalue weighted by Crippen LogP contribution is 2.25. The Balaban J connectivity index is 1.78. The van der Waals surface area contributed by atoms with Crippen LogP contribution in [-0.4, -0.2) is 14.3 Å². The first-order valence-corrected chi connectivity index (χ1v) is 10.5. The second kappa shape index (κ2) is 8.22. The smallest absolute Gasteiger partial charge is 0.261 e. The number of hydrogen-bond acceptors (Lipinski definition) is 3. The van der Waals surface area contributed by atoms with Gasteiger partial charge < -0.3 is 5.32 Å². The number of hydrogen-bond donors (Lipinski definition) is 2. The Morgan fingerprint density at radius 2 is 1.43 bits per heavy atom. The largest absolute Gasteiger partial charge is 0.322 e. The molecule has 0 saturated heterocycles. The molecule has 0 aromatic heterocycles. The Hall–Kier alpha value is -2.54. The van der Waals surface area contributed by atoms with Crippen LogP contribution < -0.4 is 10.0 Å². The minimum Gasteiger partial charge on any atom is -0.322 e. The molecule has 0 aliphatic heterocycles. The Bertz CT molecular complexity index is 1130. The second-order valence-electron chi connectivity index (χ2n) is 5.98. The van der Waals surface area contributed by atoms with Crippen molar-refractivity contribution in [2.75, 3.05) is 10.0 Å². The number of rotatable bonds is 5. The Kier molecular flexibility index (Phi) is 5.93. The average molecular weight is 435 g/mol. The highest BCUT2D eigenvalue weighted by molar-refractivity contribution is 7.92. The predicted octanol–water partition coefficient (Wildman–Crippen LogP) is 5.35. The van der Waals surface area contributed by atoms with Crippen molar-refractivity contribution in [3.8, 4) is 0 Å². The molecule has 3 aromatic rings. The Morgan fingerprint density at radius 3 is 2.11 bits per heavy atom. The predicted molar refractivity (Wildman–Crippen MR) is 113 cm³/mol. The van der Waals surface area contributed by atoms with E-state index in [1.807, 2.05) is 0 Å². The zero-order valence-corrected chi connectivity index (χ0v) is 17.1. The summed E-state index contributed by atoms with van der Waals surface area (Å²) in [6, 6.07) is 17.3. The number of nitrogens with one attached hydrogen (secondary N) is 2. The average Bonchev–Trinajstić information content (AvgIpc) is 2.67. The molecule has 0 atom stereocenters. The van der Waals surface area contributed by atoms with E-state index in [4.69, 9.17) is 23.2 Å². The molecule has 0 bridgehead atoms. The van der Waals surface area contributed by atoms with Crippen LogP contribution in [0, 0.1) is 6.92 Å². The number of para-hydroxylation sites is 1. The fraction of sp³-hybridized carbons (Fsp3) is 0.0500. The van der Waals surface area contributed by atoms with Gasteiger partial charge in [0.15, 0.2) is 0 Å². The van der Waals surface area contributed by atoms with Gasteiger partial charge in [0.05, 0.1) is 15.6 Å². The summed E-state index contributed by atoms with van der Waals surface area (Å²) in [5.41, 5.74) is 1.94. The van der Waals surface area contributed by atoms with Gasteiger partial charge >= 0.3 is 0 Å². The van der Waals surface area contributed by atoms with Crippen molar-refractivity contribution in [3.63, 3.8) is 0 Å². The van der Waals surface area contributed by atoms with E-state index in [1.165, 1.54) is 24.3 Å². The summed E-state index contributed by atoms with van der Waals surface area (Å²) in [5.74, 6) is -0.367. The molecule has 2 N–H and O–H groups in total. The highest BCUT2D eigenvalue weighted by atomic mass is 35.5. The Morgan fingerprint density at radius 1 is 0.821 bits per heavy atom. The van der Waals surface area contributed by atoms with Crippen molar-refractivity contribution in [1.82, 2.24) is 0 Å². The van der Waals surface area contributed by atoms with Gasteiger partial charge in [-0.05, 0) is 61.0 Å². The van der Waals surface area contributed by atoms with E-state index < -0.39 is 10.0 Å². The highest BCUT2D eigenvalue weighted by Gasteiger charge is 2.17. The van der Waals surface area contributed by atoms with Crippen LogP contribution in [0.2, 0.25) is 10.0 Å². The number of carbonyl (C=O) groups excluding carboxylic acids is 1. The molecule has 0 fully saturated rings. The van der Waals surface area contributed by atoms with Gasteiger partial charge in [-0.1, -0.05) is 41.4 Å². The summed E-state index contributed by atoms with van der Waals surface area (Å²) in [6.45, 7) is 1.80. The first kappa shape index (κ1) is 20.2. The normalized spacial score (nSPS) is 11.1. The van der Waals surface area contributed by atoms with Crippen LogP contribution in [0.25, 0.3) is 0 Å². The van der Waals surface area contributed by atoms with Gasteiger partial charge in [-0.15, -0.1) is 0 Å². The van der Waals surface area contributed by atoms with E-state index in [0.717, 1.165) is 5.56 Å². The van der Waals surface area contributed by atoms with Gasteiger partial charge in [-0.3, -0.25) is 9.52 Å². The van der Waals surface area contributed by atoms with Crippen LogP contribution in [0.1, 0.15) is 15.9 Å². The molecule has 144 valence electrons. The molecule has 5 nitrogen and oxygen atoms in total. The van der Waals surface area contributed by atoms with E-state index in [-0.39, 0.29) is 16.5 Å². The lowest BCUT2D eigenvalue weighted by atomic mass is 10.1. The molecule has 3 aromatic carbocycles. The van der Waals surface area contributed by atoms with Crippen molar-refractivity contribution in [3.05, 3.63) is 87.9 Å². The number of carbonyl (C=O) groups is 1. The van der Waals surface area contributed by atoms with Crippen LogP contribution in [0.5, 0.6) is 0 Å². The molecular weight excluding hydrogens is 419 g/mol. The molecule has 0 saturated carbocycles. The quantitative estimate of drug-likeness (QED) is 0.567. The van der Waals surface area contributed by atoms with Gasteiger partial charge in [0, 0.05) is 16.3 Å². The summed E-state index contributed by atoms with van der Waals surface area (Å²) in [5, 5.41) is 3.60. The zero-order chi connectivity index (χ0) is 20.3. The van der Waals surface area contributed by atoms with E-state index in [9.17, 15) is 13.2 Å². The number of sulfonamides is 1. The van der Waals surface area contributed by atoms with Crippen molar-refractivity contribution in [1.29, 1.82) is 0 Å². The lowest BCUT2D eigenvalue weighted by Gasteiger charge is -2.11. The molecule has 8 heteroatoms. The van der Waals surface area contributed by atoms with Crippen molar-refractivity contribution in [2.45, 2.75) is 11.8 Å². The summed E-state index contributed by atoms with van der Waals surface area (Å²) in [6.07, 6.45) is 0. The van der Waals surface area contributed by atoms with Crippen LogP contribution in [0.4, 0.5) is 11.4 Å². The lowest BCUT2D eigenvalue weighted by Crippen LogP contribution is -2.15. The van der Waals surface area contributed by atoms with Crippen LogP contribution in [0.3, 0.4) is 0 Å². The van der Waals surface area contributed by atoms with Gasteiger partial charge in [0.2, 0.25) is 0 Å². The number of amides is 1. The Labute approximate surface area is 173 Å². The third-order valence-electron chi connectivity index (χ3n) is 4.06. The van der Waals surface area contributed by atoms with E-state index in [0.29, 0.717) is 21.3 Å². The molecule has 0 heterocycles. The number of anilines is 2. The van der Waals surface area contributed by atoms with Gasteiger partial charge in [-0.25, -0.2) is 8.42 Å². The first-order chi connectivity index (χ1) is 13.3. The summed E-state index contributed by atoms with van der Waals surface area (Å²) in [4.78, 5) is 12.5. The van der Waals surface area contributed by atoms with Crippen LogP contribution in [-0.2, 0) is 10.0 Å². The maximum atomic E-state index is 12.5. The van der Waals surface area contributed by atoms with E-state index >= 15 is 0 Å². The number of halogens is 2. The molecule has 0 radical (unpaired) electrons. The van der Waals surface area contributed by atoms with Gasteiger partial charge in [0.1, 0.15) is 0 Å². The van der Waals surface area contributed by atoms with Crippen LogP contribution >= 0.6 is 23.2 Å². The zero-order valence-electron chi connectivity index (χ0n) is 14.7. The molecule has 0 spiro atoms. The lowest BCUT2D eigenvalue weighted by molar-refractivity contribution is 0.102. The van der Waals surface area contributed by atoms with Crippen molar-refractivity contribution < 1.29 is 13.2 Å². The van der Waals surface area contributed by atoms with Gasteiger partial charge in [-0.2, -0.15) is 0 Å². The summed E-state index contributed by atoms with van der Waals surface area (Å²) in [7, 11) is -3.83. The van der Waals surface area contributed by atoms with Gasteiger partial charge in [0.25, 0.3) is 15.9 Å². The molecule has 0 aliphatic rings. The molecule has 0 aliphatic carbocycles. The maximum absolute atomic E-state index is 12.5. The van der Waals surface area contributed by atoms with Crippen molar-refractivity contribution >= 4 is 50.5 Å². The fourth-order valence-electron chi connectivity index (χ4n) is 2.47. The van der Waals surface area contributed by atoms with Crippen LogP contribution in [0.15, 0.2) is 71.6 Å². The first-order valence-electron chi connectivity index (χ1n) is 8.22.